The summed E-state index contributed by atoms with van der Waals surface area (Å²) in [6.07, 6.45) is 2.77. The van der Waals surface area contributed by atoms with Crippen molar-refractivity contribution < 1.29 is 8.78 Å². The molecule has 1 aliphatic rings. The minimum atomic E-state index is -2.62. The van der Waals surface area contributed by atoms with E-state index >= 15 is 0 Å². The van der Waals surface area contributed by atoms with E-state index in [4.69, 9.17) is 0 Å². The number of rotatable bonds is 5. The molecule has 0 aliphatic carbocycles. The molecule has 1 aliphatic heterocycles. The Labute approximate surface area is 155 Å². The molecule has 2 aromatic heterocycles. The van der Waals surface area contributed by atoms with Gasteiger partial charge < -0.3 is 4.57 Å². The van der Waals surface area contributed by atoms with Crippen molar-refractivity contribution >= 4 is 10.9 Å². The van der Waals surface area contributed by atoms with Gasteiger partial charge in [0.05, 0.1) is 35.5 Å². The zero-order valence-corrected chi connectivity index (χ0v) is 15.1. The van der Waals surface area contributed by atoms with Gasteiger partial charge in [0.25, 0.3) is 12.0 Å². The molecule has 0 N–H and O–H groups in total. The van der Waals surface area contributed by atoms with Gasteiger partial charge in [-0.1, -0.05) is 12.1 Å². The van der Waals surface area contributed by atoms with Crippen LogP contribution >= 0.6 is 0 Å². The summed E-state index contributed by atoms with van der Waals surface area (Å²) in [7, 11) is 1.91. The SMILES string of the molecule is Cn1cnc(CN2CCCC2c2nc3ccccc3c(=O)n2CC(F)F)c1. The fraction of sp³-hybridized carbons (Fsp3) is 0.421. The monoisotopic (exact) mass is 373 g/mol. The normalized spacial score (nSPS) is 18.0. The lowest BCUT2D eigenvalue weighted by Gasteiger charge is -2.26. The topological polar surface area (TPSA) is 56.0 Å². The molecule has 3 heterocycles. The lowest BCUT2D eigenvalue weighted by atomic mass is 10.1. The lowest BCUT2D eigenvalue weighted by Crippen LogP contribution is -2.33. The highest BCUT2D eigenvalue weighted by Crippen LogP contribution is 2.32. The number of likely N-dealkylation sites (tertiary alicyclic amines) is 1. The van der Waals surface area contributed by atoms with Crippen molar-refractivity contribution in [3.05, 3.63) is 58.7 Å². The second-order valence-corrected chi connectivity index (χ2v) is 6.95. The van der Waals surface area contributed by atoms with Crippen molar-refractivity contribution in [3.8, 4) is 0 Å². The number of hydrogen-bond donors (Lipinski definition) is 0. The number of aryl methyl sites for hydroxylation is 1. The summed E-state index contributed by atoms with van der Waals surface area (Å²) in [6.45, 7) is 0.779. The highest BCUT2D eigenvalue weighted by Gasteiger charge is 2.31. The van der Waals surface area contributed by atoms with Crippen LogP contribution in [0.25, 0.3) is 10.9 Å². The largest absolute Gasteiger partial charge is 0.340 e. The van der Waals surface area contributed by atoms with Gasteiger partial charge in [0.1, 0.15) is 5.82 Å². The van der Waals surface area contributed by atoms with Crippen LogP contribution in [0.3, 0.4) is 0 Å². The third-order valence-electron chi connectivity index (χ3n) is 5.00. The smallest absolute Gasteiger partial charge is 0.261 e. The van der Waals surface area contributed by atoms with Gasteiger partial charge in [0, 0.05) is 19.8 Å². The van der Waals surface area contributed by atoms with Gasteiger partial charge in [0.2, 0.25) is 0 Å². The van der Waals surface area contributed by atoms with Crippen molar-refractivity contribution in [2.45, 2.75) is 38.4 Å². The summed E-state index contributed by atoms with van der Waals surface area (Å²) in [5.41, 5.74) is 1.06. The van der Waals surface area contributed by atoms with E-state index in [2.05, 4.69) is 14.9 Å². The summed E-state index contributed by atoms with van der Waals surface area (Å²) in [5.74, 6) is 0.424. The molecule has 0 spiro atoms. The van der Waals surface area contributed by atoms with Gasteiger partial charge in [-0.05, 0) is 31.5 Å². The van der Waals surface area contributed by atoms with E-state index in [9.17, 15) is 13.6 Å². The second-order valence-electron chi connectivity index (χ2n) is 6.95. The van der Waals surface area contributed by atoms with E-state index in [1.165, 1.54) is 0 Å². The van der Waals surface area contributed by atoms with Crippen LogP contribution in [0.2, 0.25) is 0 Å². The lowest BCUT2D eigenvalue weighted by molar-refractivity contribution is 0.120. The molecule has 8 heteroatoms. The molecule has 1 fully saturated rings. The molecule has 0 bridgehead atoms. The number of para-hydroxylation sites is 1. The predicted molar refractivity (Wildman–Crippen MR) is 97.6 cm³/mol. The molecular formula is C19H21F2N5O. The van der Waals surface area contributed by atoms with E-state index in [1.807, 2.05) is 17.8 Å². The maximum absolute atomic E-state index is 13.2. The van der Waals surface area contributed by atoms with Crippen LogP contribution in [0.5, 0.6) is 0 Å². The van der Waals surface area contributed by atoms with Crippen LogP contribution in [-0.2, 0) is 20.1 Å². The number of alkyl halides is 2. The highest BCUT2D eigenvalue weighted by atomic mass is 19.3. The number of imidazole rings is 1. The van der Waals surface area contributed by atoms with Crippen LogP contribution in [0.4, 0.5) is 8.78 Å². The van der Waals surface area contributed by atoms with Crippen molar-refractivity contribution in [1.82, 2.24) is 24.0 Å². The summed E-state index contributed by atoms with van der Waals surface area (Å²) in [5, 5.41) is 0.371. The quantitative estimate of drug-likeness (QED) is 0.690. The molecule has 1 saturated heterocycles. The molecule has 3 aromatic rings. The number of benzene rings is 1. The Bertz CT molecular complexity index is 1010. The third-order valence-corrected chi connectivity index (χ3v) is 5.00. The van der Waals surface area contributed by atoms with E-state index in [0.29, 0.717) is 23.3 Å². The Hall–Kier alpha value is -2.61. The fourth-order valence-corrected chi connectivity index (χ4v) is 3.82. The fourth-order valence-electron chi connectivity index (χ4n) is 3.82. The van der Waals surface area contributed by atoms with E-state index in [0.717, 1.165) is 29.6 Å². The summed E-state index contributed by atoms with van der Waals surface area (Å²) in [4.78, 5) is 24.0. The average molecular weight is 373 g/mol. The minimum absolute atomic E-state index is 0.178. The molecule has 0 saturated carbocycles. The Kier molecular flexibility index (Phi) is 4.73. The maximum atomic E-state index is 13.2. The predicted octanol–water partition coefficient (Wildman–Crippen LogP) is 2.73. The second kappa shape index (κ2) is 7.19. The molecule has 0 amide bonds. The molecule has 0 radical (unpaired) electrons. The van der Waals surface area contributed by atoms with Crippen LogP contribution in [0.15, 0.2) is 41.6 Å². The summed E-state index contributed by atoms with van der Waals surface area (Å²) < 4.78 is 29.4. The van der Waals surface area contributed by atoms with Crippen molar-refractivity contribution in [2.75, 3.05) is 6.54 Å². The molecule has 4 rings (SSSR count). The zero-order valence-electron chi connectivity index (χ0n) is 15.1. The number of halogens is 2. The zero-order chi connectivity index (χ0) is 19.0. The number of fused-ring (bicyclic) bond motifs is 1. The summed E-state index contributed by atoms with van der Waals surface area (Å²) in [6, 6.07) is 6.74. The molecule has 1 unspecified atom stereocenters. The molecular weight excluding hydrogens is 352 g/mol. The van der Waals surface area contributed by atoms with Gasteiger partial charge in [0.15, 0.2) is 0 Å². The Balaban J connectivity index is 1.77. The first-order valence-electron chi connectivity index (χ1n) is 9.01. The Morgan fingerprint density at radius 2 is 2.11 bits per heavy atom. The number of nitrogens with zero attached hydrogens (tertiary/aromatic N) is 5. The standard InChI is InChI=1S/C19H21F2N5O/c1-24-9-13(22-12-24)10-25-8-4-7-16(25)18-23-15-6-3-2-5-14(15)19(27)26(18)11-17(20)21/h2-3,5-6,9,12,16-17H,4,7-8,10-11H2,1H3. The van der Waals surface area contributed by atoms with E-state index < -0.39 is 18.5 Å². The van der Waals surface area contributed by atoms with Crippen LogP contribution in [0, 0.1) is 0 Å². The van der Waals surface area contributed by atoms with Gasteiger partial charge in [-0.2, -0.15) is 0 Å². The van der Waals surface area contributed by atoms with Crippen molar-refractivity contribution in [1.29, 1.82) is 0 Å². The Morgan fingerprint density at radius 1 is 1.30 bits per heavy atom. The van der Waals surface area contributed by atoms with Crippen molar-refractivity contribution in [2.24, 2.45) is 7.05 Å². The molecule has 1 atom stereocenters. The van der Waals surface area contributed by atoms with Crippen LogP contribution in [-0.4, -0.2) is 37.0 Å². The summed E-state index contributed by atoms with van der Waals surface area (Å²) >= 11 is 0. The average Bonchev–Trinajstić information content (AvgIpc) is 3.26. The first kappa shape index (κ1) is 17.8. The molecule has 6 nitrogen and oxygen atoms in total. The van der Waals surface area contributed by atoms with Crippen LogP contribution < -0.4 is 5.56 Å². The highest BCUT2D eigenvalue weighted by molar-refractivity contribution is 5.77. The van der Waals surface area contributed by atoms with Crippen molar-refractivity contribution in [3.63, 3.8) is 0 Å². The first-order valence-corrected chi connectivity index (χ1v) is 9.01. The molecule has 27 heavy (non-hydrogen) atoms. The Morgan fingerprint density at radius 3 is 2.85 bits per heavy atom. The van der Waals surface area contributed by atoms with Gasteiger partial charge in [-0.15, -0.1) is 0 Å². The maximum Gasteiger partial charge on any atom is 0.261 e. The first-order chi connectivity index (χ1) is 13.0. The minimum Gasteiger partial charge on any atom is -0.340 e. The van der Waals surface area contributed by atoms with Gasteiger partial charge in [-0.25, -0.2) is 18.7 Å². The van der Waals surface area contributed by atoms with Crippen LogP contribution in [0.1, 0.15) is 30.4 Å². The van der Waals surface area contributed by atoms with E-state index in [1.54, 1.807) is 30.6 Å². The molecule has 142 valence electrons. The van der Waals surface area contributed by atoms with E-state index in [-0.39, 0.29) is 6.04 Å². The third kappa shape index (κ3) is 3.49. The molecule has 1 aromatic carbocycles. The number of hydrogen-bond acceptors (Lipinski definition) is 4. The van der Waals surface area contributed by atoms with Gasteiger partial charge in [-0.3, -0.25) is 14.3 Å². The number of aromatic nitrogens is 4. The van der Waals surface area contributed by atoms with Gasteiger partial charge >= 0.3 is 0 Å².